The highest BCUT2D eigenvalue weighted by atomic mass is 16.3. The van der Waals surface area contributed by atoms with Gasteiger partial charge in [-0.1, -0.05) is 6.07 Å². The maximum absolute atomic E-state index is 12.3. The van der Waals surface area contributed by atoms with Crippen LogP contribution in [-0.4, -0.2) is 5.91 Å². The van der Waals surface area contributed by atoms with Crippen molar-refractivity contribution in [2.24, 2.45) is 0 Å². The molecule has 0 fully saturated rings. The monoisotopic (exact) mass is 270 g/mol. The second kappa shape index (κ2) is 5.13. The molecule has 1 aliphatic heterocycles. The third-order valence-electron chi connectivity index (χ3n) is 3.63. The first kappa shape index (κ1) is 12.9. The van der Waals surface area contributed by atoms with Crippen molar-refractivity contribution in [2.75, 3.05) is 0 Å². The lowest BCUT2D eigenvalue weighted by Gasteiger charge is -2.12. The molecule has 2 N–H and O–H groups in total. The first-order chi connectivity index (χ1) is 9.63. The van der Waals surface area contributed by atoms with Crippen LogP contribution in [0, 0.1) is 6.92 Å². The second-order valence-corrected chi connectivity index (χ2v) is 5.23. The number of carbonyl (C=O) groups excluding carboxylic acids is 1. The number of carbonyl (C=O) groups is 1. The predicted molar refractivity (Wildman–Crippen MR) is 76.3 cm³/mol. The molecule has 0 bridgehead atoms. The molecule has 4 heteroatoms. The molecule has 0 saturated heterocycles. The Morgan fingerprint density at radius 2 is 2.05 bits per heavy atom. The summed E-state index contributed by atoms with van der Waals surface area (Å²) >= 11 is 0. The van der Waals surface area contributed by atoms with E-state index >= 15 is 0 Å². The van der Waals surface area contributed by atoms with Gasteiger partial charge in [0.1, 0.15) is 11.5 Å². The van der Waals surface area contributed by atoms with Crippen LogP contribution in [0.25, 0.3) is 0 Å². The fourth-order valence-corrected chi connectivity index (χ4v) is 2.47. The van der Waals surface area contributed by atoms with Crippen molar-refractivity contribution in [1.29, 1.82) is 0 Å². The summed E-state index contributed by atoms with van der Waals surface area (Å²) in [5, 5.41) is 6.24. The molecule has 1 aromatic heterocycles. The van der Waals surface area contributed by atoms with Gasteiger partial charge in [-0.05, 0) is 49.2 Å². The SMILES string of the molecule is Cc1ccc(C(C)NC(=O)c2ccc3c(c2)CNC3)o1. The molecular formula is C16H18N2O2. The highest BCUT2D eigenvalue weighted by Gasteiger charge is 2.16. The summed E-state index contributed by atoms with van der Waals surface area (Å²) in [6.07, 6.45) is 0. The van der Waals surface area contributed by atoms with Gasteiger partial charge in [0, 0.05) is 18.7 Å². The van der Waals surface area contributed by atoms with Crippen LogP contribution in [0.3, 0.4) is 0 Å². The Hall–Kier alpha value is -2.07. The van der Waals surface area contributed by atoms with E-state index < -0.39 is 0 Å². The lowest BCUT2D eigenvalue weighted by molar-refractivity contribution is 0.0935. The van der Waals surface area contributed by atoms with Crippen LogP contribution in [0.4, 0.5) is 0 Å². The fraction of sp³-hybridized carbons (Fsp3) is 0.312. The zero-order valence-electron chi connectivity index (χ0n) is 11.7. The van der Waals surface area contributed by atoms with Gasteiger partial charge in [0.15, 0.2) is 0 Å². The van der Waals surface area contributed by atoms with E-state index in [0.29, 0.717) is 5.56 Å². The van der Waals surface area contributed by atoms with Gasteiger partial charge in [-0.2, -0.15) is 0 Å². The summed E-state index contributed by atoms with van der Waals surface area (Å²) in [6, 6.07) is 9.52. The van der Waals surface area contributed by atoms with Gasteiger partial charge in [-0.15, -0.1) is 0 Å². The summed E-state index contributed by atoms with van der Waals surface area (Å²) in [5.41, 5.74) is 3.18. The zero-order valence-corrected chi connectivity index (χ0v) is 11.7. The van der Waals surface area contributed by atoms with Crippen LogP contribution < -0.4 is 10.6 Å². The maximum atomic E-state index is 12.3. The topological polar surface area (TPSA) is 54.3 Å². The minimum atomic E-state index is -0.137. The van der Waals surface area contributed by atoms with E-state index in [2.05, 4.69) is 10.6 Å². The van der Waals surface area contributed by atoms with Gasteiger partial charge in [-0.3, -0.25) is 4.79 Å². The number of benzene rings is 1. The number of aryl methyl sites for hydroxylation is 1. The third-order valence-corrected chi connectivity index (χ3v) is 3.63. The van der Waals surface area contributed by atoms with Gasteiger partial charge < -0.3 is 15.1 Å². The standard InChI is InChI=1S/C16H18N2O2/c1-10-3-6-15(20-10)11(2)18-16(19)12-4-5-13-8-17-9-14(13)7-12/h3-7,11,17H,8-9H2,1-2H3,(H,18,19). The Bertz CT molecular complexity index is 646. The Morgan fingerprint density at radius 1 is 1.25 bits per heavy atom. The third kappa shape index (κ3) is 2.47. The van der Waals surface area contributed by atoms with Crippen molar-refractivity contribution < 1.29 is 9.21 Å². The van der Waals surface area contributed by atoms with Gasteiger partial charge in [0.25, 0.3) is 5.91 Å². The average molecular weight is 270 g/mol. The number of fused-ring (bicyclic) bond motifs is 1. The molecule has 2 aromatic rings. The van der Waals surface area contributed by atoms with E-state index in [0.717, 1.165) is 24.6 Å². The van der Waals surface area contributed by atoms with E-state index in [4.69, 9.17) is 4.42 Å². The van der Waals surface area contributed by atoms with Crippen LogP contribution in [0.15, 0.2) is 34.7 Å². The molecule has 0 aliphatic carbocycles. The molecule has 0 saturated carbocycles. The minimum Gasteiger partial charge on any atom is -0.464 e. The average Bonchev–Trinajstić information content (AvgIpc) is 3.05. The molecule has 3 rings (SSSR count). The Kier molecular flexibility index (Phi) is 3.32. The smallest absolute Gasteiger partial charge is 0.251 e. The normalized spacial score (nSPS) is 14.9. The van der Waals surface area contributed by atoms with Gasteiger partial charge in [0.2, 0.25) is 0 Å². The number of hydrogen-bond donors (Lipinski definition) is 2. The number of furan rings is 1. The maximum Gasteiger partial charge on any atom is 0.251 e. The molecule has 0 radical (unpaired) electrons. The molecule has 1 atom stereocenters. The van der Waals surface area contributed by atoms with Crippen molar-refractivity contribution in [3.05, 3.63) is 58.5 Å². The molecule has 1 aliphatic rings. The van der Waals surface area contributed by atoms with Crippen LogP contribution >= 0.6 is 0 Å². The molecule has 20 heavy (non-hydrogen) atoms. The van der Waals surface area contributed by atoms with E-state index in [1.54, 1.807) is 0 Å². The number of hydrogen-bond acceptors (Lipinski definition) is 3. The molecule has 1 aromatic carbocycles. The first-order valence-electron chi connectivity index (χ1n) is 6.83. The number of rotatable bonds is 3. The summed E-state index contributed by atoms with van der Waals surface area (Å²) < 4.78 is 5.53. The van der Waals surface area contributed by atoms with Crippen LogP contribution in [0.5, 0.6) is 0 Å². The van der Waals surface area contributed by atoms with E-state index in [-0.39, 0.29) is 11.9 Å². The lowest BCUT2D eigenvalue weighted by atomic mass is 10.1. The van der Waals surface area contributed by atoms with Crippen molar-refractivity contribution in [1.82, 2.24) is 10.6 Å². The lowest BCUT2D eigenvalue weighted by Crippen LogP contribution is -2.26. The number of nitrogens with one attached hydrogen (secondary N) is 2. The molecule has 104 valence electrons. The Labute approximate surface area is 118 Å². The van der Waals surface area contributed by atoms with Crippen molar-refractivity contribution in [3.8, 4) is 0 Å². The molecule has 4 nitrogen and oxygen atoms in total. The molecule has 0 spiro atoms. The molecule has 1 amide bonds. The van der Waals surface area contributed by atoms with Crippen molar-refractivity contribution >= 4 is 5.91 Å². The second-order valence-electron chi connectivity index (χ2n) is 5.23. The quantitative estimate of drug-likeness (QED) is 0.901. The summed E-state index contributed by atoms with van der Waals surface area (Å²) in [6.45, 7) is 5.54. The summed E-state index contributed by atoms with van der Waals surface area (Å²) in [4.78, 5) is 12.3. The molecular weight excluding hydrogens is 252 g/mol. The van der Waals surface area contributed by atoms with Crippen LogP contribution in [0.2, 0.25) is 0 Å². The highest BCUT2D eigenvalue weighted by Crippen LogP contribution is 2.19. The predicted octanol–water partition coefficient (Wildman–Crippen LogP) is 2.68. The van der Waals surface area contributed by atoms with Gasteiger partial charge in [0.05, 0.1) is 6.04 Å². The van der Waals surface area contributed by atoms with E-state index in [9.17, 15) is 4.79 Å². The van der Waals surface area contributed by atoms with Crippen LogP contribution in [0.1, 0.15) is 46.0 Å². The summed E-state index contributed by atoms with van der Waals surface area (Å²) in [7, 11) is 0. The fourth-order valence-electron chi connectivity index (χ4n) is 2.47. The van der Waals surface area contributed by atoms with E-state index in [1.807, 2.05) is 44.2 Å². The molecule has 1 unspecified atom stereocenters. The van der Waals surface area contributed by atoms with Gasteiger partial charge >= 0.3 is 0 Å². The number of amides is 1. The Morgan fingerprint density at radius 3 is 2.80 bits per heavy atom. The first-order valence-corrected chi connectivity index (χ1v) is 6.83. The minimum absolute atomic E-state index is 0.0683. The highest BCUT2D eigenvalue weighted by molar-refractivity contribution is 5.94. The summed E-state index contributed by atoms with van der Waals surface area (Å²) in [5.74, 6) is 1.56. The molecule has 2 heterocycles. The van der Waals surface area contributed by atoms with Crippen LogP contribution in [-0.2, 0) is 13.1 Å². The zero-order chi connectivity index (χ0) is 14.1. The van der Waals surface area contributed by atoms with Crippen molar-refractivity contribution in [2.45, 2.75) is 33.0 Å². The Balaban J connectivity index is 1.73. The van der Waals surface area contributed by atoms with Gasteiger partial charge in [-0.25, -0.2) is 0 Å². The van der Waals surface area contributed by atoms with Crippen molar-refractivity contribution in [3.63, 3.8) is 0 Å². The van der Waals surface area contributed by atoms with E-state index in [1.165, 1.54) is 11.1 Å². The largest absolute Gasteiger partial charge is 0.464 e.